The van der Waals surface area contributed by atoms with Crippen LogP contribution in [0.2, 0.25) is 0 Å². The molecule has 1 rings (SSSR count). The zero-order valence-corrected chi connectivity index (χ0v) is 9.08. The summed E-state index contributed by atoms with van der Waals surface area (Å²) in [5, 5.41) is 8.58. The van der Waals surface area contributed by atoms with E-state index in [9.17, 15) is 0 Å². The van der Waals surface area contributed by atoms with Crippen molar-refractivity contribution in [3.63, 3.8) is 0 Å². The predicted molar refractivity (Wildman–Crippen MR) is 57.7 cm³/mol. The van der Waals surface area contributed by atoms with Crippen molar-refractivity contribution < 1.29 is 0 Å². The Hall–Kier alpha value is -0.590. The van der Waals surface area contributed by atoms with E-state index in [2.05, 4.69) is 17.9 Å². The number of hydrogen-bond acceptors (Lipinski definition) is 3. The van der Waals surface area contributed by atoms with Crippen LogP contribution in [0.4, 0.5) is 0 Å². The molecule has 2 N–H and O–H groups in total. The van der Waals surface area contributed by atoms with Crippen LogP contribution in [0.5, 0.6) is 0 Å². The monoisotopic (exact) mass is 195 g/mol. The van der Waals surface area contributed by atoms with E-state index in [-0.39, 0.29) is 0 Å². The molecule has 0 spiro atoms. The lowest BCUT2D eigenvalue weighted by Crippen LogP contribution is -2.40. The highest BCUT2D eigenvalue weighted by Crippen LogP contribution is 2.29. The molecule has 80 valence electrons. The van der Waals surface area contributed by atoms with Crippen molar-refractivity contribution in [1.29, 1.82) is 5.26 Å². The Kier molecular flexibility index (Phi) is 4.92. The van der Waals surface area contributed by atoms with Gasteiger partial charge in [0, 0.05) is 19.0 Å². The van der Waals surface area contributed by atoms with Gasteiger partial charge in [0.1, 0.15) is 0 Å². The average Bonchev–Trinajstić information content (AvgIpc) is 2.67. The van der Waals surface area contributed by atoms with Gasteiger partial charge in [0.25, 0.3) is 0 Å². The fraction of sp³-hybridized carbons (Fsp3) is 0.909. The zero-order chi connectivity index (χ0) is 10.4. The van der Waals surface area contributed by atoms with Gasteiger partial charge in [-0.25, -0.2) is 0 Å². The summed E-state index contributed by atoms with van der Waals surface area (Å²) in [5.74, 6) is 0.661. The fourth-order valence-corrected chi connectivity index (χ4v) is 2.52. The molecule has 0 aromatic rings. The Balaban J connectivity index is 2.46. The fourth-order valence-electron chi connectivity index (χ4n) is 2.52. The molecule has 0 saturated heterocycles. The van der Waals surface area contributed by atoms with Gasteiger partial charge in [-0.05, 0) is 31.8 Å². The first-order valence-electron chi connectivity index (χ1n) is 5.64. The number of hydrogen-bond donors (Lipinski definition) is 1. The summed E-state index contributed by atoms with van der Waals surface area (Å²) in [6, 6.07) is 2.85. The molecular weight excluding hydrogens is 174 g/mol. The van der Waals surface area contributed by atoms with Crippen LogP contribution >= 0.6 is 0 Å². The number of nitrogens with zero attached hydrogens (tertiary/aromatic N) is 2. The third-order valence-electron chi connectivity index (χ3n) is 3.31. The van der Waals surface area contributed by atoms with Crippen molar-refractivity contribution >= 4 is 0 Å². The van der Waals surface area contributed by atoms with Crippen molar-refractivity contribution in [2.24, 2.45) is 11.7 Å². The molecule has 0 aliphatic heterocycles. The molecule has 1 aliphatic rings. The second-order valence-corrected chi connectivity index (χ2v) is 4.03. The molecule has 0 amide bonds. The summed E-state index contributed by atoms with van der Waals surface area (Å²) in [4.78, 5) is 2.42. The maximum Gasteiger partial charge on any atom is 0.0635 e. The molecule has 1 aliphatic carbocycles. The minimum absolute atomic E-state index is 0.637. The smallest absolute Gasteiger partial charge is 0.0635 e. The second-order valence-electron chi connectivity index (χ2n) is 4.03. The largest absolute Gasteiger partial charge is 0.330 e. The third kappa shape index (κ3) is 2.70. The molecule has 2 atom stereocenters. The summed E-state index contributed by atoms with van der Waals surface area (Å²) in [6.07, 6.45) is 4.47. The van der Waals surface area contributed by atoms with Crippen LogP contribution in [0.15, 0.2) is 0 Å². The Morgan fingerprint density at radius 2 is 2.29 bits per heavy atom. The summed E-state index contributed by atoms with van der Waals surface area (Å²) < 4.78 is 0. The maximum atomic E-state index is 8.58. The molecule has 0 bridgehead atoms. The van der Waals surface area contributed by atoms with Crippen molar-refractivity contribution in [2.45, 2.75) is 38.6 Å². The summed E-state index contributed by atoms with van der Waals surface area (Å²) in [7, 11) is 0. The SMILES string of the molecule is CCN(CCC#N)C1CCCC1CN. The van der Waals surface area contributed by atoms with E-state index in [0.29, 0.717) is 18.4 Å². The van der Waals surface area contributed by atoms with Gasteiger partial charge in [-0.2, -0.15) is 5.26 Å². The van der Waals surface area contributed by atoms with Gasteiger partial charge in [0.15, 0.2) is 0 Å². The van der Waals surface area contributed by atoms with E-state index >= 15 is 0 Å². The average molecular weight is 195 g/mol. The van der Waals surface area contributed by atoms with E-state index in [4.69, 9.17) is 11.0 Å². The summed E-state index contributed by atoms with van der Waals surface area (Å²) >= 11 is 0. The van der Waals surface area contributed by atoms with Crippen LogP contribution < -0.4 is 5.73 Å². The van der Waals surface area contributed by atoms with Crippen molar-refractivity contribution in [3.8, 4) is 6.07 Å². The van der Waals surface area contributed by atoms with E-state index in [1.54, 1.807) is 0 Å². The van der Waals surface area contributed by atoms with Gasteiger partial charge in [-0.1, -0.05) is 13.3 Å². The summed E-state index contributed by atoms with van der Waals surface area (Å²) in [5.41, 5.74) is 5.75. The van der Waals surface area contributed by atoms with Crippen LogP contribution in [-0.2, 0) is 0 Å². The molecule has 1 fully saturated rings. The van der Waals surface area contributed by atoms with Crippen molar-refractivity contribution in [2.75, 3.05) is 19.6 Å². The molecule has 0 heterocycles. The quantitative estimate of drug-likeness (QED) is 0.720. The predicted octanol–water partition coefficient (Wildman–Crippen LogP) is 1.35. The molecule has 0 aromatic heterocycles. The van der Waals surface area contributed by atoms with Crippen LogP contribution in [0.3, 0.4) is 0 Å². The molecule has 0 aromatic carbocycles. The molecule has 1 saturated carbocycles. The highest BCUT2D eigenvalue weighted by atomic mass is 15.2. The van der Waals surface area contributed by atoms with E-state index < -0.39 is 0 Å². The Morgan fingerprint density at radius 3 is 2.86 bits per heavy atom. The summed E-state index contributed by atoms with van der Waals surface area (Å²) in [6.45, 7) is 4.92. The highest BCUT2D eigenvalue weighted by molar-refractivity contribution is 4.86. The minimum Gasteiger partial charge on any atom is -0.330 e. The molecular formula is C11H21N3. The molecule has 3 nitrogen and oxygen atoms in total. The van der Waals surface area contributed by atoms with Gasteiger partial charge < -0.3 is 5.73 Å². The lowest BCUT2D eigenvalue weighted by molar-refractivity contribution is 0.174. The number of nitriles is 1. The molecule has 0 radical (unpaired) electrons. The highest BCUT2D eigenvalue weighted by Gasteiger charge is 2.29. The van der Waals surface area contributed by atoms with Crippen molar-refractivity contribution in [1.82, 2.24) is 4.90 Å². The van der Waals surface area contributed by atoms with E-state index in [1.807, 2.05) is 0 Å². The topological polar surface area (TPSA) is 53.0 Å². The van der Waals surface area contributed by atoms with E-state index in [1.165, 1.54) is 19.3 Å². The Bertz CT molecular complexity index is 197. The van der Waals surface area contributed by atoms with Crippen LogP contribution in [0.1, 0.15) is 32.6 Å². The third-order valence-corrected chi connectivity index (χ3v) is 3.31. The first kappa shape index (κ1) is 11.5. The minimum atomic E-state index is 0.637. The van der Waals surface area contributed by atoms with Crippen LogP contribution in [0.25, 0.3) is 0 Å². The van der Waals surface area contributed by atoms with Gasteiger partial charge >= 0.3 is 0 Å². The standard InChI is InChI=1S/C11H21N3/c1-2-14(8-4-7-12)11-6-3-5-10(11)9-13/h10-11H,2-6,8-9,13H2,1H3. The number of rotatable bonds is 5. The first-order valence-corrected chi connectivity index (χ1v) is 5.64. The number of nitrogens with two attached hydrogens (primary N) is 1. The normalized spacial score (nSPS) is 26.7. The second kappa shape index (κ2) is 6.00. The first-order chi connectivity index (χ1) is 6.83. The lowest BCUT2D eigenvalue weighted by Gasteiger charge is -2.31. The molecule has 14 heavy (non-hydrogen) atoms. The van der Waals surface area contributed by atoms with E-state index in [0.717, 1.165) is 19.6 Å². The van der Waals surface area contributed by atoms with Gasteiger partial charge in [0.05, 0.1) is 6.07 Å². The van der Waals surface area contributed by atoms with Gasteiger partial charge in [-0.15, -0.1) is 0 Å². The van der Waals surface area contributed by atoms with Crippen molar-refractivity contribution in [3.05, 3.63) is 0 Å². The lowest BCUT2D eigenvalue weighted by atomic mass is 10.0. The van der Waals surface area contributed by atoms with Gasteiger partial charge in [-0.3, -0.25) is 4.90 Å². The Morgan fingerprint density at radius 1 is 1.50 bits per heavy atom. The molecule has 2 unspecified atom stereocenters. The maximum absolute atomic E-state index is 8.58. The Labute approximate surface area is 86.9 Å². The van der Waals surface area contributed by atoms with Crippen LogP contribution in [0, 0.1) is 17.2 Å². The van der Waals surface area contributed by atoms with Crippen LogP contribution in [-0.4, -0.2) is 30.6 Å². The van der Waals surface area contributed by atoms with Gasteiger partial charge in [0.2, 0.25) is 0 Å². The zero-order valence-electron chi connectivity index (χ0n) is 9.08. The molecule has 3 heteroatoms.